The third-order valence-electron chi connectivity index (χ3n) is 5.30. The minimum absolute atomic E-state index is 0.0762. The van der Waals surface area contributed by atoms with E-state index < -0.39 is 0 Å². The maximum Gasteiger partial charge on any atom is 0.251 e. The second-order valence-electron chi connectivity index (χ2n) is 7.15. The molecule has 1 fully saturated rings. The molecule has 0 saturated carbocycles. The average molecular weight is 336 g/mol. The topological polar surface area (TPSA) is 61.9 Å². The number of likely N-dealkylation sites (tertiary alicyclic amines) is 1. The summed E-state index contributed by atoms with van der Waals surface area (Å²) in [7, 11) is 0. The van der Waals surface area contributed by atoms with E-state index in [1.807, 2.05) is 12.1 Å². The Morgan fingerprint density at radius 2 is 2.08 bits per heavy atom. The van der Waals surface area contributed by atoms with Crippen LogP contribution in [0.2, 0.25) is 0 Å². The highest BCUT2D eigenvalue weighted by Gasteiger charge is 2.27. The summed E-state index contributed by atoms with van der Waals surface area (Å²) < 4.78 is 0. The molecule has 0 radical (unpaired) electrons. The lowest BCUT2D eigenvalue weighted by Gasteiger charge is -2.24. The lowest BCUT2D eigenvalue weighted by molar-refractivity contribution is 0.263. The summed E-state index contributed by atoms with van der Waals surface area (Å²) in [6, 6.07) is 5.42. The van der Waals surface area contributed by atoms with E-state index in [0.29, 0.717) is 11.7 Å². The van der Waals surface area contributed by atoms with Gasteiger partial charge >= 0.3 is 0 Å². The number of allylic oxidation sites excluding steroid dienone is 2. The molecule has 0 spiro atoms. The van der Waals surface area contributed by atoms with Crippen molar-refractivity contribution < 1.29 is 0 Å². The molecular weight excluding hydrogens is 312 g/mol. The van der Waals surface area contributed by atoms with Gasteiger partial charge in [0.1, 0.15) is 5.82 Å². The molecule has 0 unspecified atom stereocenters. The molecule has 5 nitrogen and oxygen atoms in total. The Morgan fingerprint density at radius 3 is 2.88 bits per heavy atom. The highest BCUT2D eigenvalue weighted by molar-refractivity contribution is 5.53. The normalized spacial score (nSPS) is 23.8. The van der Waals surface area contributed by atoms with Gasteiger partial charge in [0, 0.05) is 43.0 Å². The van der Waals surface area contributed by atoms with Crippen LogP contribution in [0.15, 0.2) is 47.5 Å². The summed E-state index contributed by atoms with van der Waals surface area (Å²) in [5, 5.41) is 0. The zero-order valence-corrected chi connectivity index (χ0v) is 14.4. The predicted molar refractivity (Wildman–Crippen MR) is 98.4 cm³/mol. The lowest BCUT2D eigenvalue weighted by atomic mass is 9.94. The SMILES string of the molecule is O=c1cc([C@H]2CCN(C[C@H]3CC=CCC3)C2)nc(-c2ccncc2)[nH]1. The number of H-pyrrole nitrogens is 1. The number of aromatic nitrogens is 3. The molecular formula is C20H24N4O. The van der Waals surface area contributed by atoms with Crippen LogP contribution in [0.5, 0.6) is 0 Å². The van der Waals surface area contributed by atoms with E-state index in [1.165, 1.54) is 25.8 Å². The van der Waals surface area contributed by atoms with Crippen molar-refractivity contribution >= 4 is 0 Å². The summed E-state index contributed by atoms with van der Waals surface area (Å²) in [5.41, 5.74) is 1.74. The van der Waals surface area contributed by atoms with E-state index >= 15 is 0 Å². The van der Waals surface area contributed by atoms with E-state index in [0.717, 1.165) is 36.7 Å². The molecule has 1 aliphatic carbocycles. The fraction of sp³-hybridized carbons (Fsp3) is 0.450. The first kappa shape index (κ1) is 16.2. The fourth-order valence-electron chi connectivity index (χ4n) is 3.96. The van der Waals surface area contributed by atoms with Gasteiger partial charge in [-0.3, -0.25) is 9.78 Å². The van der Waals surface area contributed by atoms with Crippen LogP contribution in [0.1, 0.15) is 37.3 Å². The summed E-state index contributed by atoms with van der Waals surface area (Å²) in [6.07, 6.45) is 12.9. The number of aromatic amines is 1. The Morgan fingerprint density at radius 1 is 1.20 bits per heavy atom. The predicted octanol–water partition coefficient (Wildman–Crippen LogP) is 2.98. The smallest absolute Gasteiger partial charge is 0.251 e. The van der Waals surface area contributed by atoms with Gasteiger partial charge in [-0.05, 0) is 50.3 Å². The summed E-state index contributed by atoms with van der Waals surface area (Å²) >= 11 is 0. The quantitative estimate of drug-likeness (QED) is 0.872. The van der Waals surface area contributed by atoms with E-state index in [1.54, 1.807) is 18.5 Å². The highest BCUT2D eigenvalue weighted by atomic mass is 16.1. The molecule has 4 rings (SSSR count). The van der Waals surface area contributed by atoms with E-state index in [4.69, 9.17) is 4.98 Å². The molecule has 0 aromatic carbocycles. The molecule has 2 aliphatic rings. The summed E-state index contributed by atoms with van der Waals surface area (Å²) in [4.78, 5) is 26.3. The maximum absolute atomic E-state index is 12.1. The molecule has 1 saturated heterocycles. The van der Waals surface area contributed by atoms with Gasteiger partial charge in [0.2, 0.25) is 0 Å². The zero-order valence-electron chi connectivity index (χ0n) is 14.4. The Labute approximate surface area is 147 Å². The Bertz CT molecular complexity index is 799. The van der Waals surface area contributed by atoms with Gasteiger partial charge in [0.25, 0.3) is 5.56 Å². The first-order chi connectivity index (χ1) is 12.3. The molecule has 2 aromatic rings. The second kappa shape index (κ2) is 7.31. The van der Waals surface area contributed by atoms with Crippen LogP contribution in [-0.2, 0) is 0 Å². The lowest BCUT2D eigenvalue weighted by Crippen LogP contribution is -2.28. The van der Waals surface area contributed by atoms with Crippen molar-refractivity contribution in [3.8, 4) is 11.4 Å². The van der Waals surface area contributed by atoms with Crippen molar-refractivity contribution in [3.63, 3.8) is 0 Å². The Balaban J connectivity index is 1.48. The van der Waals surface area contributed by atoms with Crippen molar-refractivity contribution in [1.29, 1.82) is 0 Å². The largest absolute Gasteiger partial charge is 0.307 e. The maximum atomic E-state index is 12.1. The number of hydrogen-bond donors (Lipinski definition) is 1. The minimum Gasteiger partial charge on any atom is -0.307 e. The Kier molecular flexibility index (Phi) is 4.74. The van der Waals surface area contributed by atoms with Gasteiger partial charge in [0.15, 0.2) is 0 Å². The van der Waals surface area contributed by atoms with Gasteiger partial charge in [-0.2, -0.15) is 0 Å². The Hall–Kier alpha value is -2.27. The van der Waals surface area contributed by atoms with Gasteiger partial charge in [-0.1, -0.05) is 12.2 Å². The third kappa shape index (κ3) is 3.87. The second-order valence-corrected chi connectivity index (χ2v) is 7.15. The molecule has 3 heterocycles. The number of hydrogen-bond acceptors (Lipinski definition) is 4. The summed E-state index contributed by atoms with van der Waals surface area (Å²) in [6.45, 7) is 3.28. The van der Waals surface area contributed by atoms with Crippen LogP contribution in [0.25, 0.3) is 11.4 Å². The molecule has 5 heteroatoms. The van der Waals surface area contributed by atoms with Gasteiger partial charge in [-0.25, -0.2) is 4.98 Å². The van der Waals surface area contributed by atoms with Crippen LogP contribution in [-0.4, -0.2) is 39.5 Å². The molecule has 2 aromatic heterocycles. The molecule has 0 bridgehead atoms. The van der Waals surface area contributed by atoms with Crippen molar-refractivity contribution in [2.24, 2.45) is 5.92 Å². The van der Waals surface area contributed by atoms with Gasteiger partial charge in [-0.15, -0.1) is 0 Å². The van der Waals surface area contributed by atoms with Crippen molar-refractivity contribution in [2.75, 3.05) is 19.6 Å². The van der Waals surface area contributed by atoms with Crippen LogP contribution < -0.4 is 5.56 Å². The highest BCUT2D eigenvalue weighted by Crippen LogP contribution is 2.28. The van der Waals surface area contributed by atoms with Crippen LogP contribution in [0, 0.1) is 5.92 Å². The number of nitrogens with one attached hydrogen (secondary N) is 1. The molecule has 130 valence electrons. The van der Waals surface area contributed by atoms with Gasteiger partial charge in [0.05, 0.1) is 5.69 Å². The first-order valence-corrected chi connectivity index (χ1v) is 9.17. The molecule has 0 amide bonds. The van der Waals surface area contributed by atoms with Crippen molar-refractivity contribution in [2.45, 2.75) is 31.6 Å². The van der Waals surface area contributed by atoms with Crippen LogP contribution >= 0.6 is 0 Å². The fourth-order valence-corrected chi connectivity index (χ4v) is 3.96. The van der Waals surface area contributed by atoms with Crippen LogP contribution in [0.4, 0.5) is 0 Å². The molecule has 1 N–H and O–H groups in total. The molecule has 25 heavy (non-hydrogen) atoms. The average Bonchev–Trinajstić information content (AvgIpc) is 3.11. The van der Waals surface area contributed by atoms with E-state index in [9.17, 15) is 4.79 Å². The van der Waals surface area contributed by atoms with Crippen molar-refractivity contribution in [3.05, 3.63) is 58.8 Å². The molecule has 2 atom stereocenters. The van der Waals surface area contributed by atoms with Crippen LogP contribution in [0.3, 0.4) is 0 Å². The van der Waals surface area contributed by atoms with Crippen molar-refractivity contribution in [1.82, 2.24) is 19.9 Å². The standard InChI is InChI=1S/C20H24N4O/c25-19-12-18(22-20(23-19)16-6-9-21-10-7-16)17-8-11-24(14-17)13-15-4-2-1-3-5-15/h1-2,6-7,9-10,12,15,17H,3-5,8,11,13-14H2,(H,22,23,25)/t15-,17-/m0/s1. The molecule has 1 aliphatic heterocycles. The zero-order chi connectivity index (χ0) is 17.1. The number of pyridine rings is 1. The monoisotopic (exact) mass is 336 g/mol. The number of nitrogens with zero attached hydrogens (tertiary/aromatic N) is 3. The van der Waals surface area contributed by atoms with Gasteiger partial charge < -0.3 is 9.88 Å². The van der Waals surface area contributed by atoms with E-state index in [-0.39, 0.29) is 5.56 Å². The first-order valence-electron chi connectivity index (χ1n) is 9.17. The van der Waals surface area contributed by atoms with E-state index in [2.05, 4.69) is 27.0 Å². The summed E-state index contributed by atoms with van der Waals surface area (Å²) in [5.74, 6) is 1.77. The number of rotatable bonds is 4. The third-order valence-corrected chi connectivity index (χ3v) is 5.30. The minimum atomic E-state index is -0.0762.